The third-order valence-electron chi connectivity index (χ3n) is 2.14. The minimum atomic E-state index is -0.409. The van der Waals surface area contributed by atoms with Gasteiger partial charge in [0.2, 0.25) is 0 Å². The van der Waals surface area contributed by atoms with Crippen molar-refractivity contribution in [3.63, 3.8) is 0 Å². The Kier molecular flexibility index (Phi) is 2.02. The fourth-order valence-corrected chi connectivity index (χ4v) is 1.50. The lowest BCUT2D eigenvalue weighted by Crippen LogP contribution is -2.38. The molecule has 0 amide bonds. The molecule has 2 heterocycles. The van der Waals surface area contributed by atoms with Crippen LogP contribution in [0.1, 0.15) is 11.9 Å². The largest absolute Gasteiger partial charge is 0.468 e. The average Bonchev–Trinajstić information content (AvgIpc) is 2.63. The molecule has 0 saturated carbocycles. The number of nitrogens with zero attached hydrogens (tertiary/aromatic N) is 2. The first kappa shape index (κ1) is 8.25. The number of ether oxygens (including phenoxy) is 1. The topological polar surface area (TPSA) is 56.1 Å². The molecule has 1 aromatic rings. The zero-order chi connectivity index (χ0) is 9.26. The van der Waals surface area contributed by atoms with Crippen molar-refractivity contribution in [2.75, 3.05) is 13.7 Å². The number of nitrogens with one attached hydrogen (secondary N) is 1. The van der Waals surface area contributed by atoms with Crippen molar-refractivity contribution < 1.29 is 9.53 Å². The molecule has 0 aliphatic carbocycles. The fourth-order valence-electron chi connectivity index (χ4n) is 1.50. The van der Waals surface area contributed by atoms with Gasteiger partial charge in [-0.25, -0.2) is 9.78 Å². The fraction of sp³-hybridized carbons (Fsp3) is 0.500. The number of carbonyl (C=O) groups excluding carboxylic acids is 1. The molecule has 0 spiro atoms. The van der Waals surface area contributed by atoms with E-state index in [1.165, 1.54) is 7.11 Å². The van der Waals surface area contributed by atoms with Gasteiger partial charge in [-0.05, 0) is 0 Å². The van der Waals surface area contributed by atoms with Gasteiger partial charge in [-0.1, -0.05) is 0 Å². The lowest BCUT2D eigenvalue weighted by molar-refractivity contribution is -0.143. The molecule has 70 valence electrons. The van der Waals surface area contributed by atoms with Gasteiger partial charge < -0.3 is 9.30 Å². The van der Waals surface area contributed by atoms with Gasteiger partial charge in [-0.3, -0.25) is 5.32 Å². The van der Waals surface area contributed by atoms with Crippen LogP contribution >= 0.6 is 0 Å². The average molecular weight is 181 g/mol. The molecule has 1 aromatic heterocycles. The van der Waals surface area contributed by atoms with Crippen molar-refractivity contribution >= 4 is 5.97 Å². The smallest absolute Gasteiger partial charge is 0.330 e. The Balaban J connectivity index is 2.30. The second kappa shape index (κ2) is 3.18. The van der Waals surface area contributed by atoms with Crippen molar-refractivity contribution in [1.82, 2.24) is 14.9 Å². The molecular formula is C8H11N3O2. The summed E-state index contributed by atoms with van der Waals surface area (Å²) in [5, 5.41) is 3.05. The number of methoxy groups -OCH3 is 1. The van der Waals surface area contributed by atoms with E-state index in [-0.39, 0.29) is 5.97 Å². The zero-order valence-corrected chi connectivity index (χ0v) is 7.36. The van der Waals surface area contributed by atoms with Crippen molar-refractivity contribution in [2.45, 2.75) is 12.6 Å². The molecule has 0 radical (unpaired) electrons. The van der Waals surface area contributed by atoms with E-state index in [1.807, 2.05) is 10.8 Å². The van der Waals surface area contributed by atoms with Gasteiger partial charge in [0.25, 0.3) is 0 Å². The number of carbonyl (C=O) groups is 1. The minimum Gasteiger partial charge on any atom is -0.468 e. The summed E-state index contributed by atoms with van der Waals surface area (Å²) in [6.07, 6.45) is 3.56. The van der Waals surface area contributed by atoms with Crippen LogP contribution in [0.15, 0.2) is 12.4 Å². The first-order chi connectivity index (χ1) is 6.33. The molecule has 1 aliphatic rings. The molecular weight excluding hydrogens is 170 g/mol. The van der Waals surface area contributed by atoms with Crippen LogP contribution in [0.2, 0.25) is 0 Å². The summed E-state index contributed by atoms with van der Waals surface area (Å²) in [7, 11) is 1.38. The van der Waals surface area contributed by atoms with Gasteiger partial charge in [-0.15, -0.1) is 0 Å². The third kappa shape index (κ3) is 1.31. The standard InChI is InChI=1S/C8H11N3O2/c1-13-8(12)6-7-10-3-5-11(7)4-2-9-6/h3,5-6,9H,2,4H2,1H3. The van der Waals surface area contributed by atoms with Crippen LogP contribution in [0, 0.1) is 0 Å². The second-order valence-corrected chi connectivity index (χ2v) is 2.89. The Morgan fingerprint density at radius 1 is 1.85 bits per heavy atom. The Bertz CT molecular complexity index is 321. The molecule has 1 aliphatic heterocycles. The highest BCUT2D eigenvalue weighted by molar-refractivity contribution is 5.76. The Hall–Kier alpha value is -1.36. The molecule has 0 bridgehead atoms. The van der Waals surface area contributed by atoms with Crippen LogP contribution in [0.5, 0.6) is 0 Å². The van der Waals surface area contributed by atoms with Crippen LogP contribution in [0.3, 0.4) is 0 Å². The van der Waals surface area contributed by atoms with Crippen LogP contribution in [0.4, 0.5) is 0 Å². The maximum Gasteiger partial charge on any atom is 0.330 e. The van der Waals surface area contributed by atoms with Crippen LogP contribution in [-0.2, 0) is 16.1 Å². The molecule has 5 heteroatoms. The van der Waals surface area contributed by atoms with Gasteiger partial charge in [0.05, 0.1) is 7.11 Å². The minimum absolute atomic E-state index is 0.285. The summed E-state index contributed by atoms with van der Waals surface area (Å²) in [4.78, 5) is 15.4. The van der Waals surface area contributed by atoms with Crippen LogP contribution in [0.25, 0.3) is 0 Å². The van der Waals surface area contributed by atoms with E-state index in [0.717, 1.165) is 18.9 Å². The molecule has 1 atom stereocenters. The summed E-state index contributed by atoms with van der Waals surface area (Å²) in [6, 6.07) is -0.409. The number of aromatic nitrogens is 2. The van der Waals surface area contributed by atoms with E-state index in [4.69, 9.17) is 0 Å². The third-order valence-corrected chi connectivity index (χ3v) is 2.14. The summed E-state index contributed by atoms with van der Waals surface area (Å²) in [5.41, 5.74) is 0. The molecule has 0 fully saturated rings. The van der Waals surface area contributed by atoms with E-state index >= 15 is 0 Å². The predicted octanol–water partition coefficient (Wildman–Crippen LogP) is -0.300. The predicted molar refractivity (Wildman–Crippen MR) is 45.0 cm³/mol. The van der Waals surface area contributed by atoms with Gasteiger partial charge in [0.1, 0.15) is 5.82 Å². The summed E-state index contributed by atoms with van der Waals surface area (Å²) in [5.74, 6) is 0.449. The molecule has 2 rings (SSSR count). The van der Waals surface area contributed by atoms with E-state index in [0.29, 0.717) is 0 Å². The van der Waals surface area contributed by atoms with Crippen molar-refractivity contribution in [2.24, 2.45) is 0 Å². The number of fused-ring (bicyclic) bond motifs is 1. The summed E-state index contributed by atoms with van der Waals surface area (Å²) < 4.78 is 6.62. The number of imidazole rings is 1. The van der Waals surface area contributed by atoms with E-state index in [2.05, 4.69) is 15.0 Å². The number of hydrogen-bond donors (Lipinski definition) is 1. The van der Waals surface area contributed by atoms with Crippen LogP contribution in [-0.4, -0.2) is 29.2 Å². The van der Waals surface area contributed by atoms with Crippen molar-refractivity contribution in [1.29, 1.82) is 0 Å². The highest BCUT2D eigenvalue weighted by atomic mass is 16.5. The Labute approximate surface area is 75.7 Å². The first-order valence-electron chi connectivity index (χ1n) is 4.15. The molecule has 13 heavy (non-hydrogen) atoms. The highest BCUT2D eigenvalue weighted by Crippen LogP contribution is 2.15. The van der Waals surface area contributed by atoms with E-state index < -0.39 is 6.04 Å². The van der Waals surface area contributed by atoms with E-state index in [9.17, 15) is 4.79 Å². The normalized spacial score (nSPS) is 20.8. The quantitative estimate of drug-likeness (QED) is 0.604. The van der Waals surface area contributed by atoms with Gasteiger partial charge >= 0.3 is 5.97 Å². The molecule has 0 aromatic carbocycles. The Morgan fingerprint density at radius 2 is 2.69 bits per heavy atom. The SMILES string of the molecule is COC(=O)C1NCCn2ccnc21. The monoisotopic (exact) mass is 181 g/mol. The maximum absolute atomic E-state index is 11.3. The van der Waals surface area contributed by atoms with Gasteiger partial charge in [0, 0.05) is 25.5 Å². The molecule has 1 unspecified atom stereocenters. The maximum atomic E-state index is 11.3. The van der Waals surface area contributed by atoms with Crippen molar-refractivity contribution in [3.05, 3.63) is 18.2 Å². The zero-order valence-electron chi connectivity index (χ0n) is 7.36. The first-order valence-corrected chi connectivity index (χ1v) is 4.15. The molecule has 5 nitrogen and oxygen atoms in total. The van der Waals surface area contributed by atoms with Crippen LogP contribution < -0.4 is 5.32 Å². The Morgan fingerprint density at radius 3 is 3.46 bits per heavy atom. The van der Waals surface area contributed by atoms with E-state index in [1.54, 1.807) is 6.20 Å². The number of esters is 1. The molecule has 0 saturated heterocycles. The molecule has 1 N–H and O–H groups in total. The number of hydrogen-bond acceptors (Lipinski definition) is 4. The lowest BCUT2D eigenvalue weighted by Gasteiger charge is -2.22. The summed E-state index contributed by atoms with van der Waals surface area (Å²) >= 11 is 0. The summed E-state index contributed by atoms with van der Waals surface area (Å²) in [6.45, 7) is 1.62. The second-order valence-electron chi connectivity index (χ2n) is 2.89. The van der Waals surface area contributed by atoms with Crippen molar-refractivity contribution in [3.8, 4) is 0 Å². The lowest BCUT2D eigenvalue weighted by atomic mass is 10.2. The highest BCUT2D eigenvalue weighted by Gasteiger charge is 2.27. The van der Waals surface area contributed by atoms with Gasteiger partial charge in [0.15, 0.2) is 6.04 Å². The number of rotatable bonds is 1. The van der Waals surface area contributed by atoms with Gasteiger partial charge in [-0.2, -0.15) is 0 Å².